The summed E-state index contributed by atoms with van der Waals surface area (Å²) in [6.45, 7) is 4.57. The molecule has 6 heteroatoms. The van der Waals surface area contributed by atoms with E-state index < -0.39 is 11.9 Å². The second kappa shape index (κ2) is 7.47. The Bertz CT molecular complexity index is 450. The summed E-state index contributed by atoms with van der Waals surface area (Å²) in [5.41, 5.74) is 0.936. The highest BCUT2D eigenvalue weighted by atomic mass is 16.4. The van der Waals surface area contributed by atoms with Gasteiger partial charge >= 0.3 is 12.0 Å². The molecule has 1 rings (SSSR count). The molecule has 0 aliphatic carbocycles. The second-order valence-electron chi connectivity index (χ2n) is 4.78. The first-order chi connectivity index (χ1) is 9.45. The molecule has 0 spiro atoms. The molecule has 0 saturated carbocycles. The molecular weight excluding hydrogens is 258 g/mol. The first-order valence-corrected chi connectivity index (χ1v) is 6.57. The number of urea groups is 1. The molecule has 1 N–H and O–H groups in total. The first kappa shape index (κ1) is 15.9. The van der Waals surface area contributed by atoms with Gasteiger partial charge in [0, 0.05) is 39.1 Å². The van der Waals surface area contributed by atoms with Crippen molar-refractivity contribution in [2.75, 3.05) is 20.1 Å². The topological polar surface area (TPSA) is 73.7 Å². The lowest BCUT2D eigenvalue weighted by molar-refractivity contribution is -0.141. The summed E-state index contributed by atoms with van der Waals surface area (Å²) in [5.74, 6) is -1.48. The minimum atomic E-state index is -0.897. The van der Waals surface area contributed by atoms with E-state index in [1.807, 2.05) is 19.1 Å². The maximum absolute atomic E-state index is 12.3. The maximum Gasteiger partial charge on any atom is 0.320 e. The van der Waals surface area contributed by atoms with E-state index in [1.165, 1.54) is 4.90 Å². The minimum Gasteiger partial charge on any atom is -0.481 e. The van der Waals surface area contributed by atoms with E-state index in [-0.39, 0.29) is 12.6 Å². The van der Waals surface area contributed by atoms with Gasteiger partial charge in [-0.25, -0.2) is 4.79 Å². The molecule has 0 radical (unpaired) electrons. The highest BCUT2D eigenvalue weighted by Gasteiger charge is 2.21. The molecule has 0 bridgehead atoms. The second-order valence-corrected chi connectivity index (χ2v) is 4.78. The van der Waals surface area contributed by atoms with Gasteiger partial charge in [0.1, 0.15) is 0 Å². The van der Waals surface area contributed by atoms with E-state index in [1.54, 1.807) is 31.3 Å². The summed E-state index contributed by atoms with van der Waals surface area (Å²) >= 11 is 0. The third kappa shape index (κ3) is 4.53. The van der Waals surface area contributed by atoms with Crippen LogP contribution in [-0.2, 0) is 11.3 Å². The number of carboxylic acid groups (broad SMARTS) is 1. The summed E-state index contributed by atoms with van der Waals surface area (Å²) < 4.78 is 0. The molecule has 1 unspecified atom stereocenters. The fourth-order valence-electron chi connectivity index (χ4n) is 1.83. The number of carbonyl (C=O) groups excluding carboxylic acids is 1. The van der Waals surface area contributed by atoms with Crippen LogP contribution in [0.2, 0.25) is 0 Å². The van der Waals surface area contributed by atoms with Crippen LogP contribution in [0.3, 0.4) is 0 Å². The predicted octanol–water partition coefficient (Wildman–Crippen LogP) is 1.68. The Morgan fingerprint density at radius 3 is 2.65 bits per heavy atom. The van der Waals surface area contributed by atoms with Crippen LogP contribution in [0.25, 0.3) is 0 Å². The normalized spacial score (nSPS) is 11.8. The van der Waals surface area contributed by atoms with Crippen LogP contribution < -0.4 is 0 Å². The molecule has 0 saturated heterocycles. The molecule has 6 nitrogen and oxygen atoms in total. The molecule has 2 amide bonds. The van der Waals surface area contributed by atoms with Gasteiger partial charge in [-0.1, -0.05) is 13.0 Å². The van der Waals surface area contributed by atoms with Crippen molar-refractivity contribution in [1.82, 2.24) is 14.8 Å². The van der Waals surface area contributed by atoms with E-state index in [4.69, 9.17) is 5.11 Å². The Labute approximate surface area is 119 Å². The Morgan fingerprint density at radius 1 is 1.45 bits per heavy atom. The fourth-order valence-corrected chi connectivity index (χ4v) is 1.83. The smallest absolute Gasteiger partial charge is 0.320 e. The van der Waals surface area contributed by atoms with Crippen molar-refractivity contribution in [3.8, 4) is 0 Å². The van der Waals surface area contributed by atoms with Crippen molar-refractivity contribution >= 4 is 12.0 Å². The van der Waals surface area contributed by atoms with Gasteiger partial charge in [-0.15, -0.1) is 0 Å². The van der Waals surface area contributed by atoms with Crippen molar-refractivity contribution in [2.24, 2.45) is 5.92 Å². The zero-order chi connectivity index (χ0) is 15.1. The van der Waals surface area contributed by atoms with Crippen LogP contribution in [-0.4, -0.2) is 52.0 Å². The highest BCUT2D eigenvalue weighted by molar-refractivity contribution is 5.75. The van der Waals surface area contributed by atoms with Crippen LogP contribution in [0.5, 0.6) is 0 Å². The molecule has 1 atom stereocenters. The molecule has 1 aromatic rings. The lowest BCUT2D eigenvalue weighted by Gasteiger charge is -2.28. The number of aliphatic carboxylic acids is 1. The number of nitrogens with zero attached hydrogens (tertiary/aromatic N) is 3. The standard InChI is InChI=1S/C14H21N3O3/c1-4-17(9-11(2)13(18)19)14(20)16(3)10-12-6-5-7-15-8-12/h5-8,11H,4,9-10H2,1-3H3,(H,18,19). The molecule has 0 aliphatic rings. The molecule has 110 valence electrons. The van der Waals surface area contributed by atoms with E-state index >= 15 is 0 Å². The highest BCUT2D eigenvalue weighted by Crippen LogP contribution is 2.07. The number of pyridine rings is 1. The monoisotopic (exact) mass is 279 g/mol. The maximum atomic E-state index is 12.3. The summed E-state index contributed by atoms with van der Waals surface area (Å²) in [6, 6.07) is 3.54. The number of hydrogen-bond donors (Lipinski definition) is 1. The van der Waals surface area contributed by atoms with Crippen molar-refractivity contribution in [3.63, 3.8) is 0 Å². The van der Waals surface area contributed by atoms with Gasteiger partial charge in [0.2, 0.25) is 0 Å². The van der Waals surface area contributed by atoms with E-state index in [2.05, 4.69) is 4.98 Å². The molecule has 0 fully saturated rings. The van der Waals surface area contributed by atoms with Gasteiger partial charge in [0.05, 0.1) is 5.92 Å². The summed E-state index contributed by atoms with van der Waals surface area (Å²) in [5, 5.41) is 8.92. The molecule has 0 aliphatic heterocycles. The van der Waals surface area contributed by atoms with E-state index in [0.717, 1.165) is 5.56 Å². The molecule has 1 aromatic heterocycles. The van der Waals surface area contributed by atoms with Gasteiger partial charge in [-0.3, -0.25) is 9.78 Å². The van der Waals surface area contributed by atoms with Crippen LogP contribution in [0, 0.1) is 5.92 Å². The fraction of sp³-hybridized carbons (Fsp3) is 0.500. The van der Waals surface area contributed by atoms with Crippen molar-refractivity contribution < 1.29 is 14.7 Å². The van der Waals surface area contributed by atoms with Crippen molar-refractivity contribution in [2.45, 2.75) is 20.4 Å². The summed E-state index contributed by atoms with van der Waals surface area (Å²) in [4.78, 5) is 30.3. The zero-order valence-corrected chi connectivity index (χ0v) is 12.1. The molecule has 0 aromatic carbocycles. The molecule has 20 heavy (non-hydrogen) atoms. The molecule has 1 heterocycles. The Kier molecular flexibility index (Phi) is 5.96. The lowest BCUT2D eigenvalue weighted by atomic mass is 10.2. The third-order valence-corrected chi connectivity index (χ3v) is 3.04. The Morgan fingerprint density at radius 2 is 2.15 bits per heavy atom. The van der Waals surface area contributed by atoms with Gasteiger partial charge in [0.25, 0.3) is 0 Å². The van der Waals surface area contributed by atoms with Gasteiger partial charge in [-0.2, -0.15) is 0 Å². The van der Waals surface area contributed by atoms with Crippen molar-refractivity contribution in [1.29, 1.82) is 0 Å². The summed E-state index contributed by atoms with van der Waals surface area (Å²) in [7, 11) is 1.70. The van der Waals surface area contributed by atoms with Crippen LogP contribution in [0.15, 0.2) is 24.5 Å². The lowest BCUT2D eigenvalue weighted by Crippen LogP contribution is -2.43. The van der Waals surface area contributed by atoms with Gasteiger partial charge in [-0.05, 0) is 18.6 Å². The number of carbonyl (C=O) groups is 2. The first-order valence-electron chi connectivity index (χ1n) is 6.57. The Balaban J connectivity index is 2.63. The number of aromatic nitrogens is 1. The van der Waals surface area contributed by atoms with Gasteiger partial charge in [0.15, 0.2) is 0 Å². The number of rotatable bonds is 6. The summed E-state index contributed by atoms with van der Waals surface area (Å²) in [6.07, 6.45) is 3.39. The van der Waals surface area contributed by atoms with Crippen LogP contribution in [0.1, 0.15) is 19.4 Å². The average Bonchev–Trinajstić information content (AvgIpc) is 2.44. The largest absolute Gasteiger partial charge is 0.481 e. The quantitative estimate of drug-likeness (QED) is 0.859. The predicted molar refractivity (Wildman–Crippen MR) is 75.1 cm³/mol. The Hall–Kier alpha value is -2.11. The van der Waals surface area contributed by atoms with Crippen LogP contribution >= 0.6 is 0 Å². The zero-order valence-electron chi connectivity index (χ0n) is 12.1. The number of carboxylic acids is 1. The van der Waals surface area contributed by atoms with Crippen molar-refractivity contribution in [3.05, 3.63) is 30.1 Å². The SMILES string of the molecule is CCN(CC(C)C(=O)O)C(=O)N(C)Cc1cccnc1. The average molecular weight is 279 g/mol. The third-order valence-electron chi connectivity index (χ3n) is 3.04. The van der Waals surface area contributed by atoms with Gasteiger partial charge < -0.3 is 14.9 Å². The number of amides is 2. The van der Waals surface area contributed by atoms with E-state index in [0.29, 0.717) is 13.1 Å². The minimum absolute atomic E-state index is 0.176. The number of hydrogen-bond acceptors (Lipinski definition) is 3. The van der Waals surface area contributed by atoms with E-state index in [9.17, 15) is 9.59 Å². The van der Waals surface area contributed by atoms with Crippen LogP contribution in [0.4, 0.5) is 4.79 Å². The molecular formula is C14H21N3O3.